The highest BCUT2D eigenvalue weighted by molar-refractivity contribution is 9.10. The van der Waals surface area contributed by atoms with Gasteiger partial charge in [0.05, 0.1) is 17.5 Å². The average molecular weight is 367 g/mol. The van der Waals surface area contributed by atoms with Crippen molar-refractivity contribution in [2.45, 2.75) is 6.42 Å². The summed E-state index contributed by atoms with van der Waals surface area (Å²) in [5.41, 5.74) is 0.975. The van der Waals surface area contributed by atoms with Crippen LogP contribution in [-0.4, -0.2) is 13.2 Å². The Bertz CT molecular complexity index is 638. The molecule has 0 amide bonds. The lowest BCUT2D eigenvalue weighted by atomic mass is 10.2. The van der Waals surface area contributed by atoms with Crippen LogP contribution >= 0.6 is 27.5 Å². The normalized spacial score (nSPS) is 9.95. The maximum atomic E-state index is 8.60. The van der Waals surface area contributed by atoms with Gasteiger partial charge in [-0.15, -0.1) is 0 Å². The number of nitriles is 1. The molecule has 3 nitrogen and oxygen atoms in total. The Morgan fingerprint density at radius 3 is 2.43 bits per heavy atom. The molecule has 2 aromatic rings. The van der Waals surface area contributed by atoms with Gasteiger partial charge in [-0.1, -0.05) is 39.7 Å². The summed E-state index contributed by atoms with van der Waals surface area (Å²) in [5.74, 6) is 1.38. The molecule has 21 heavy (non-hydrogen) atoms. The van der Waals surface area contributed by atoms with Crippen molar-refractivity contribution in [2.75, 3.05) is 13.2 Å². The van der Waals surface area contributed by atoms with Crippen molar-refractivity contribution < 1.29 is 9.47 Å². The van der Waals surface area contributed by atoms with E-state index in [-0.39, 0.29) is 0 Å². The van der Waals surface area contributed by atoms with Crippen LogP contribution in [0.3, 0.4) is 0 Å². The van der Waals surface area contributed by atoms with Crippen molar-refractivity contribution in [3.8, 4) is 17.6 Å². The number of nitrogens with zero attached hydrogens (tertiary/aromatic N) is 1. The smallest absolute Gasteiger partial charge is 0.138 e. The number of benzene rings is 2. The van der Waals surface area contributed by atoms with E-state index < -0.39 is 0 Å². The molecule has 0 aliphatic carbocycles. The minimum Gasteiger partial charge on any atom is -0.490 e. The molecule has 0 saturated carbocycles. The molecule has 2 rings (SSSR count). The Hall–Kier alpha value is -1.70. The number of halogens is 2. The Kier molecular flexibility index (Phi) is 5.91. The fraction of sp³-hybridized carbons (Fsp3) is 0.188. The second kappa shape index (κ2) is 7.92. The molecule has 0 atom stereocenters. The van der Waals surface area contributed by atoms with Crippen LogP contribution in [0.25, 0.3) is 0 Å². The second-order valence-corrected chi connectivity index (χ2v) is 5.57. The quantitative estimate of drug-likeness (QED) is 0.700. The Balaban J connectivity index is 1.78. The molecular weight excluding hydrogens is 354 g/mol. The summed E-state index contributed by atoms with van der Waals surface area (Å²) in [6.07, 6.45) is 0.408. The third-order valence-electron chi connectivity index (χ3n) is 2.71. The van der Waals surface area contributed by atoms with Gasteiger partial charge in [0.2, 0.25) is 0 Å². The molecule has 2 aromatic carbocycles. The van der Waals surface area contributed by atoms with E-state index in [1.165, 1.54) is 0 Å². The molecule has 0 fully saturated rings. The predicted octanol–water partition coefficient (Wildman–Crippen LogP) is 4.63. The molecule has 0 aliphatic rings. The van der Waals surface area contributed by atoms with Gasteiger partial charge in [-0.2, -0.15) is 5.26 Å². The zero-order valence-corrected chi connectivity index (χ0v) is 13.5. The second-order valence-electron chi connectivity index (χ2n) is 4.25. The van der Waals surface area contributed by atoms with Crippen LogP contribution in [0.1, 0.15) is 5.56 Å². The zero-order chi connectivity index (χ0) is 15.1. The van der Waals surface area contributed by atoms with Crippen LogP contribution in [0.5, 0.6) is 11.5 Å². The van der Waals surface area contributed by atoms with Crippen LogP contribution in [0.2, 0.25) is 5.02 Å². The minimum atomic E-state index is 0.404. The number of rotatable bonds is 6. The van der Waals surface area contributed by atoms with Gasteiger partial charge in [0.15, 0.2) is 0 Å². The van der Waals surface area contributed by atoms with E-state index in [4.69, 9.17) is 26.3 Å². The number of hydrogen-bond acceptors (Lipinski definition) is 3. The van der Waals surface area contributed by atoms with Crippen molar-refractivity contribution in [3.63, 3.8) is 0 Å². The predicted molar refractivity (Wildman–Crippen MR) is 85.9 cm³/mol. The molecule has 0 radical (unpaired) electrons. The highest BCUT2D eigenvalue weighted by Gasteiger charge is 2.02. The molecule has 0 aliphatic heterocycles. The van der Waals surface area contributed by atoms with E-state index in [2.05, 4.69) is 22.0 Å². The number of ether oxygens (including phenoxy) is 2. The third kappa shape index (κ3) is 4.96. The van der Waals surface area contributed by atoms with Crippen molar-refractivity contribution in [2.24, 2.45) is 0 Å². The van der Waals surface area contributed by atoms with Gasteiger partial charge in [0, 0.05) is 4.47 Å². The van der Waals surface area contributed by atoms with Crippen LogP contribution in [0.4, 0.5) is 0 Å². The summed E-state index contributed by atoms with van der Waals surface area (Å²) in [6.45, 7) is 0.825. The van der Waals surface area contributed by atoms with Gasteiger partial charge in [-0.3, -0.25) is 0 Å². The molecule has 108 valence electrons. The molecule has 0 aromatic heterocycles. The maximum absolute atomic E-state index is 8.60. The van der Waals surface area contributed by atoms with Crippen molar-refractivity contribution in [1.82, 2.24) is 0 Å². The van der Waals surface area contributed by atoms with Crippen molar-refractivity contribution >= 4 is 27.5 Å². The average Bonchev–Trinajstić information content (AvgIpc) is 2.47. The molecule has 0 heterocycles. The summed E-state index contributed by atoms with van der Waals surface area (Å²) in [6, 6.07) is 15.0. The molecule has 0 bridgehead atoms. The highest BCUT2D eigenvalue weighted by Crippen LogP contribution is 2.27. The van der Waals surface area contributed by atoms with E-state index in [9.17, 15) is 0 Å². The fourth-order valence-electron chi connectivity index (χ4n) is 1.70. The van der Waals surface area contributed by atoms with E-state index in [1.54, 1.807) is 6.07 Å². The topological polar surface area (TPSA) is 42.2 Å². The highest BCUT2D eigenvalue weighted by atomic mass is 79.9. The first-order valence-electron chi connectivity index (χ1n) is 6.35. The van der Waals surface area contributed by atoms with Crippen molar-refractivity contribution in [3.05, 3.63) is 57.5 Å². The lowest BCUT2D eigenvalue weighted by molar-refractivity contribution is 0.217. The molecule has 5 heteroatoms. The summed E-state index contributed by atoms with van der Waals surface area (Å²) < 4.78 is 12.0. The van der Waals surface area contributed by atoms with Gasteiger partial charge in [-0.05, 0) is 35.9 Å². The van der Waals surface area contributed by atoms with Gasteiger partial charge in [0.1, 0.15) is 24.7 Å². The molecule has 0 saturated heterocycles. The maximum Gasteiger partial charge on any atom is 0.138 e. The standard InChI is InChI=1S/C16H13BrClNO2/c17-13-3-6-16(15(18)11-13)21-10-9-20-14-4-1-12(2-5-14)7-8-19/h1-6,11H,7,9-10H2. The Labute approximate surface area is 137 Å². The van der Waals surface area contributed by atoms with Crippen LogP contribution in [-0.2, 0) is 6.42 Å². The summed E-state index contributed by atoms with van der Waals surface area (Å²) in [5, 5.41) is 9.16. The largest absolute Gasteiger partial charge is 0.490 e. The van der Waals surface area contributed by atoms with Crippen molar-refractivity contribution in [1.29, 1.82) is 5.26 Å². The van der Waals surface area contributed by atoms with Crippen LogP contribution in [0, 0.1) is 11.3 Å². The zero-order valence-electron chi connectivity index (χ0n) is 11.2. The van der Waals surface area contributed by atoms with E-state index >= 15 is 0 Å². The monoisotopic (exact) mass is 365 g/mol. The Morgan fingerprint density at radius 1 is 1.05 bits per heavy atom. The summed E-state index contributed by atoms with van der Waals surface area (Å²) >= 11 is 9.39. The van der Waals surface area contributed by atoms with E-state index in [1.807, 2.05) is 36.4 Å². The third-order valence-corrected chi connectivity index (χ3v) is 3.50. The van der Waals surface area contributed by atoms with Gasteiger partial charge < -0.3 is 9.47 Å². The molecule has 0 unspecified atom stereocenters. The van der Waals surface area contributed by atoms with E-state index in [0.717, 1.165) is 15.8 Å². The van der Waals surface area contributed by atoms with E-state index in [0.29, 0.717) is 30.4 Å². The lowest BCUT2D eigenvalue weighted by Gasteiger charge is -2.10. The van der Waals surface area contributed by atoms with Gasteiger partial charge in [-0.25, -0.2) is 0 Å². The minimum absolute atomic E-state index is 0.404. The van der Waals surface area contributed by atoms with Crippen LogP contribution < -0.4 is 9.47 Å². The summed E-state index contributed by atoms with van der Waals surface area (Å²) in [4.78, 5) is 0. The first-order chi connectivity index (χ1) is 10.2. The first kappa shape index (κ1) is 15.7. The number of hydrogen-bond donors (Lipinski definition) is 0. The molecule has 0 spiro atoms. The molecule has 0 N–H and O–H groups in total. The van der Waals surface area contributed by atoms with Gasteiger partial charge in [0.25, 0.3) is 0 Å². The lowest BCUT2D eigenvalue weighted by Crippen LogP contribution is -2.09. The molecular formula is C16H13BrClNO2. The first-order valence-corrected chi connectivity index (χ1v) is 7.52. The fourth-order valence-corrected chi connectivity index (χ4v) is 2.43. The van der Waals surface area contributed by atoms with Crippen LogP contribution in [0.15, 0.2) is 46.9 Å². The summed E-state index contributed by atoms with van der Waals surface area (Å²) in [7, 11) is 0. The SMILES string of the molecule is N#CCc1ccc(OCCOc2ccc(Br)cc2Cl)cc1. The van der Waals surface area contributed by atoms with Gasteiger partial charge >= 0.3 is 0 Å². The Morgan fingerprint density at radius 2 is 1.76 bits per heavy atom.